The summed E-state index contributed by atoms with van der Waals surface area (Å²) >= 11 is 5.92. The molecule has 2 aromatic rings. The van der Waals surface area contributed by atoms with Crippen molar-refractivity contribution in [2.24, 2.45) is 0 Å². The zero-order valence-corrected chi connectivity index (χ0v) is 15.1. The van der Waals surface area contributed by atoms with Gasteiger partial charge in [-0.1, -0.05) is 30.9 Å². The van der Waals surface area contributed by atoms with Gasteiger partial charge in [-0.15, -0.1) is 0 Å². The third-order valence-corrected chi connectivity index (χ3v) is 4.85. The summed E-state index contributed by atoms with van der Waals surface area (Å²) in [6.45, 7) is 1.47. The first kappa shape index (κ1) is 18.3. The number of hydrogen-bond donors (Lipinski definition) is 1. The Balaban J connectivity index is 1.66. The molecule has 1 aliphatic carbocycles. The minimum Gasteiger partial charge on any atom is -0.449 e. The number of nitriles is 1. The summed E-state index contributed by atoms with van der Waals surface area (Å²) in [5.41, 5.74) is -0.365. The minimum atomic E-state index is -1.04. The predicted octanol–water partition coefficient (Wildman–Crippen LogP) is 3.97. The summed E-state index contributed by atoms with van der Waals surface area (Å²) in [4.78, 5) is 24.6. The SMILES string of the molecule is C[C@H](OC(=O)c1cc2cc(Cl)ccc2o1)C(=O)NC1(C#N)CCCCC1. The molecule has 0 radical (unpaired) electrons. The fourth-order valence-corrected chi connectivity index (χ4v) is 3.33. The first-order valence-corrected chi connectivity index (χ1v) is 8.94. The number of esters is 1. The summed E-state index contributed by atoms with van der Waals surface area (Å²) in [6.07, 6.45) is 3.03. The van der Waals surface area contributed by atoms with Gasteiger partial charge in [0.2, 0.25) is 5.76 Å². The molecule has 3 rings (SSSR count). The lowest BCUT2D eigenvalue weighted by atomic mass is 9.83. The number of amides is 1. The van der Waals surface area contributed by atoms with Crippen molar-refractivity contribution in [2.45, 2.75) is 50.7 Å². The van der Waals surface area contributed by atoms with Crippen LogP contribution in [0.4, 0.5) is 0 Å². The van der Waals surface area contributed by atoms with Crippen molar-refractivity contribution >= 4 is 34.4 Å². The van der Waals surface area contributed by atoms with Crippen LogP contribution in [0.15, 0.2) is 28.7 Å². The van der Waals surface area contributed by atoms with E-state index in [2.05, 4.69) is 11.4 Å². The average Bonchev–Trinajstić information content (AvgIpc) is 3.05. The van der Waals surface area contributed by atoms with Crippen LogP contribution in [-0.4, -0.2) is 23.5 Å². The predicted molar refractivity (Wildman–Crippen MR) is 95.7 cm³/mol. The van der Waals surface area contributed by atoms with Gasteiger partial charge in [0, 0.05) is 10.4 Å². The molecule has 1 aromatic heterocycles. The smallest absolute Gasteiger partial charge is 0.375 e. The third-order valence-electron chi connectivity index (χ3n) is 4.62. The van der Waals surface area contributed by atoms with E-state index in [0.29, 0.717) is 28.8 Å². The van der Waals surface area contributed by atoms with Crippen LogP contribution in [0.5, 0.6) is 0 Å². The molecule has 1 aromatic carbocycles. The zero-order chi connectivity index (χ0) is 18.7. The van der Waals surface area contributed by atoms with E-state index in [0.717, 1.165) is 19.3 Å². The van der Waals surface area contributed by atoms with E-state index < -0.39 is 23.5 Å². The molecule has 136 valence electrons. The van der Waals surface area contributed by atoms with Crippen LogP contribution in [0, 0.1) is 11.3 Å². The van der Waals surface area contributed by atoms with E-state index in [9.17, 15) is 14.9 Å². The lowest BCUT2D eigenvalue weighted by molar-refractivity contribution is -0.130. The number of carbonyl (C=O) groups excluding carboxylic acids is 2. The molecule has 1 amide bonds. The van der Waals surface area contributed by atoms with Crippen molar-refractivity contribution in [3.05, 3.63) is 35.0 Å². The molecule has 0 aliphatic heterocycles. The molecule has 0 spiro atoms. The molecule has 1 atom stereocenters. The monoisotopic (exact) mass is 374 g/mol. The van der Waals surface area contributed by atoms with E-state index in [1.165, 1.54) is 13.0 Å². The molecule has 1 N–H and O–H groups in total. The Morgan fingerprint density at radius 3 is 2.73 bits per heavy atom. The fraction of sp³-hybridized carbons (Fsp3) is 0.421. The molecule has 1 heterocycles. The third kappa shape index (κ3) is 3.83. The Labute approximate surface area is 156 Å². The van der Waals surface area contributed by atoms with Gasteiger partial charge in [-0.3, -0.25) is 4.79 Å². The molecule has 0 unspecified atom stereocenters. The average molecular weight is 375 g/mol. The molecule has 1 aliphatic rings. The lowest BCUT2D eigenvalue weighted by Gasteiger charge is -2.32. The zero-order valence-electron chi connectivity index (χ0n) is 14.4. The number of benzene rings is 1. The summed E-state index contributed by atoms with van der Waals surface area (Å²) < 4.78 is 10.6. The standard InChI is InChI=1S/C19H19ClN2O4/c1-12(17(23)22-19(11-21)7-3-2-4-8-19)25-18(24)16-10-13-9-14(20)5-6-15(13)26-16/h5-6,9-10,12H,2-4,7-8H2,1H3,(H,22,23)/t12-/m0/s1. The highest BCUT2D eigenvalue weighted by Gasteiger charge is 2.35. The van der Waals surface area contributed by atoms with Gasteiger partial charge in [0.25, 0.3) is 5.91 Å². The number of ether oxygens (including phenoxy) is 1. The van der Waals surface area contributed by atoms with E-state index in [-0.39, 0.29) is 5.76 Å². The highest BCUT2D eigenvalue weighted by molar-refractivity contribution is 6.31. The van der Waals surface area contributed by atoms with Crippen LogP contribution in [0.2, 0.25) is 5.02 Å². The fourth-order valence-electron chi connectivity index (χ4n) is 3.14. The van der Waals surface area contributed by atoms with Crippen molar-refractivity contribution in [1.29, 1.82) is 5.26 Å². The lowest BCUT2D eigenvalue weighted by Crippen LogP contribution is -2.52. The summed E-state index contributed by atoms with van der Waals surface area (Å²) in [5.74, 6) is -1.23. The number of fused-ring (bicyclic) bond motifs is 1. The maximum Gasteiger partial charge on any atom is 0.375 e. The van der Waals surface area contributed by atoms with Gasteiger partial charge in [0.1, 0.15) is 11.1 Å². The van der Waals surface area contributed by atoms with Gasteiger partial charge in [-0.2, -0.15) is 5.26 Å². The van der Waals surface area contributed by atoms with Gasteiger partial charge < -0.3 is 14.5 Å². The van der Waals surface area contributed by atoms with Gasteiger partial charge >= 0.3 is 5.97 Å². The van der Waals surface area contributed by atoms with Crippen molar-refractivity contribution in [3.8, 4) is 6.07 Å². The Morgan fingerprint density at radius 1 is 1.31 bits per heavy atom. The van der Waals surface area contributed by atoms with Crippen LogP contribution in [0.25, 0.3) is 11.0 Å². The Bertz CT molecular complexity index is 877. The van der Waals surface area contributed by atoms with Crippen molar-refractivity contribution in [1.82, 2.24) is 5.32 Å². The number of halogens is 1. The normalized spacial score (nSPS) is 17.3. The molecular formula is C19H19ClN2O4. The minimum absolute atomic E-state index is 0.00502. The molecule has 1 fully saturated rings. The summed E-state index contributed by atoms with van der Waals surface area (Å²) in [6, 6.07) is 8.72. The second-order valence-corrected chi connectivity index (χ2v) is 7.02. The van der Waals surface area contributed by atoms with E-state index in [1.54, 1.807) is 18.2 Å². The number of nitrogens with zero attached hydrogens (tertiary/aromatic N) is 1. The number of hydrogen-bond acceptors (Lipinski definition) is 5. The van der Waals surface area contributed by atoms with E-state index in [4.69, 9.17) is 20.8 Å². The highest BCUT2D eigenvalue weighted by atomic mass is 35.5. The van der Waals surface area contributed by atoms with Crippen LogP contribution in [0.1, 0.15) is 49.6 Å². The topological polar surface area (TPSA) is 92.3 Å². The number of furan rings is 1. The largest absolute Gasteiger partial charge is 0.449 e. The van der Waals surface area contributed by atoms with Gasteiger partial charge in [0.15, 0.2) is 6.10 Å². The van der Waals surface area contributed by atoms with E-state index >= 15 is 0 Å². The molecule has 0 bridgehead atoms. The number of carbonyl (C=O) groups is 2. The maximum absolute atomic E-state index is 12.4. The van der Waals surface area contributed by atoms with Gasteiger partial charge in [0.05, 0.1) is 6.07 Å². The van der Waals surface area contributed by atoms with Crippen molar-refractivity contribution in [2.75, 3.05) is 0 Å². The molecule has 0 saturated heterocycles. The molecule has 7 heteroatoms. The van der Waals surface area contributed by atoms with Crippen LogP contribution in [0.3, 0.4) is 0 Å². The van der Waals surface area contributed by atoms with Gasteiger partial charge in [-0.25, -0.2) is 4.79 Å². The van der Waals surface area contributed by atoms with E-state index in [1.807, 2.05) is 0 Å². The van der Waals surface area contributed by atoms with Gasteiger partial charge in [-0.05, 0) is 44.0 Å². The first-order valence-electron chi connectivity index (χ1n) is 8.56. The maximum atomic E-state index is 12.4. The Kier molecular flexibility index (Phi) is 5.19. The van der Waals surface area contributed by atoms with Crippen LogP contribution < -0.4 is 5.32 Å². The molecule has 26 heavy (non-hydrogen) atoms. The molecule has 1 saturated carbocycles. The Hall–Kier alpha value is -2.52. The van der Waals surface area contributed by atoms with Crippen molar-refractivity contribution in [3.63, 3.8) is 0 Å². The summed E-state index contributed by atoms with van der Waals surface area (Å²) in [7, 11) is 0. The van der Waals surface area contributed by atoms with Crippen molar-refractivity contribution < 1.29 is 18.7 Å². The number of rotatable bonds is 4. The molecule has 6 nitrogen and oxygen atoms in total. The second kappa shape index (κ2) is 7.38. The summed E-state index contributed by atoms with van der Waals surface area (Å²) in [5, 5.41) is 13.4. The quantitative estimate of drug-likeness (QED) is 0.817. The second-order valence-electron chi connectivity index (χ2n) is 6.58. The molecular weight excluding hydrogens is 356 g/mol. The first-order chi connectivity index (χ1) is 12.4. The van der Waals surface area contributed by atoms with Crippen LogP contribution in [-0.2, 0) is 9.53 Å². The number of nitrogens with one attached hydrogen (secondary N) is 1. The highest BCUT2D eigenvalue weighted by Crippen LogP contribution is 2.28. The van der Waals surface area contributed by atoms with Crippen LogP contribution >= 0.6 is 11.6 Å². The Morgan fingerprint density at radius 2 is 2.04 bits per heavy atom.